The third-order valence-corrected chi connectivity index (χ3v) is 14.4. The van der Waals surface area contributed by atoms with Crippen molar-refractivity contribution in [2.24, 2.45) is 27.6 Å². The van der Waals surface area contributed by atoms with Gasteiger partial charge < -0.3 is 66.3 Å². The number of halogens is 1. The van der Waals surface area contributed by atoms with Crippen LogP contribution >= 0.6 is 27.3 Å². The van der Waals surface area contributed by atoms with E-state index in [2.05, 4.69) is 96.8 Å². The Balaban J connectivity index is 0.00000198. The summed E-state index contributed by atoms with van der Waals surface area (Å²) < 4.78 is 29.9. The third kappa shape index (κ3) is 31.3. The molecule has 1 saturated carbocycles. The second-order valence-corrected chi connectivity index (χ2v) is 21.7. The van der Waals surface area contributed by atoms with Gasteiger partial charge in [0.05, 0.1) is 70.6 Å². The number of unbranched alkanes of at least 4 members (excludes halogenated alkanes) is 1. The number of hydrazone groups is 1. The summed E-state index contributed by atoms with van der Waals surface area (Å²) in [7, 11) is 2.09. The summed E-state index contributed by atoms with van der Waals surface area (Å²) >= 11 is 4.93. The Morgan fingerprint density at radius 2 is 1.52 bits per heavy atom. The highest BCUT2D eigenvalue weighted by Gasteiger charge is 2.23. The summed E-state index contributed by atoms with van der Waals surface area (Å²) in [6.07, 6.45) is 12.3. The molecular weight excluding hydrogens is 1140 g/mol. The number of piperazine rings is 1. The number of nitrogens with zero attached hydrogens (tertiary/aromatic N) is 5. The van der Waals surface area contributed by atoms with E-state index in [1.54, 1.807) is 6.21 Å². The van der Waals surface area contributed by atoms with E-state index in [1.165, 1.54) is 24.2 Å². The lowest BCUT2D eigenvalue weighted by atomic mass is 10.0. The van der Waals surface area contributed by atoms with Crippen LogP contribution in [0.15, 0.2) is 104 Å². The minimum Gasteiger partial charge on any atom is -0.494 e. The van der Waals surface area contributed by atoms with Crippen LogP contribution < -0.4 is 42.3 Å². The molecular formula is C61H90BrN11O9S. The van der Waals surface area contributed by atoms with Crippen LogP contribution in [0.5, 0.6) is 11.5 Å². The molecule has 8 N–H and O–H groups in total. The van der Waals surface area contributed by atoms with Crippen LogP contribution in [0, 0.1) is 5.92 Å². The molecule has 20 nitrogen and oxygen atoms in total. The molecule has 0 spiro atoms. The van der Waals surface area contributed by atoms with Crippen molar-refractivity contribution in [1.29, 1.82) is 0 Å². The number of aryl methyl sites for hydroxylation is 1. The molecule has 1 saturated heterocycles. The van der Waals surface area contributed by atoms with Gasteiger partial charge in [0.15, 0.2) is 5.13 Å². The van der Waals surface area contributed by atoms with Crippen molar-refractivity contribution in [1.82, 2.24) is 30.7 Å². The molecule has 3 aromatic carbocycles. The van der Waals surface area contributed by atoms with Crippen molar-refractivity contribution in [2.75, 3.05) is 118 Å². The second-order valence-electron chi connectivity index (χ2n) is 19.9. The van der Waals surface area contributed by atoms with Gasteiger partial charge in [-0.05, 0) is 111 Å². The number of amides is 4. The van der Waals surface area contributed by atoms with Gasteiger partial charge in [0.1, 0.15) is 24.1 Å². The molecule has 1 atom stereocenters. The van der Waals surface area contributed by atoms with E-state index in [9.17, 15) is 14.4 Å². The molecule has 1 aromatic heterocycles. The fourth-order valence-corrected chi connectivity index (χ4v) is 8.95. The molecule has 0 bridgehead atoms. The van der Waals surface area contributed by atoms with Gasteiger partial charge >= 0.3 is 0 Å². The number of rotatable bonds is 37. The van der Waals surface area contributed by atoms with Crippen LogP contribution in [0.2, 0.25) is 0 Å². The molecule has 1 unspecified atom stereocenters. The number of thiazole rings is 1. The topological polar surface area (TPSA) is 259 Å². The molecule has 6 rings (SSSR count). The lowest BCUT2D eigenvalue weighted by molar-refractivity contribution is -0.131. The quantitative estimate of drug-likeness (QED) is 0.00629. The van der Waals surface area contributed by atoms with Crippen molar-refractivity contribution >= 4 is 74.1 Å². The smallest absolute Gasteiger partial charge is 0.247 e. The van der Waals surface area contributed by atoms with Crippen LogP contribution in [0.4, 0.5) is 10.8 Å². The first-order valence-electron chi connectivity index (χ1n) is 28.9. The van der Waals surface area contributed by atoms with E-state index in [1.807, 2.05) is 83.1 Å². The van der Waals surface area contributed by atoms with Crippen molar-refractivity contribution in [2.45, 2.75) is 91.0 Å². The molecule has 1 aliphatic heterocycles. The number of hydrogen-bond donors (Lipinski definition) is 6. The highest BCUT2D eigenvalue weighted by Crippen LogP contribution is 2.27. The second kappa shape index (κ2) is 42.5. The van der Waals surface area contributed by atoms with Crippen LogP contribution in [0.1, 0.15) is 95.0 Å². The number of aromatic nitrogens is 1. The van der Waals surface area contributed by atoms with E-state index in [0.717, 1.165) is 120 Å². The number of allylic oxidation sites excluding steroid dienone is 1. The van der Waals surface area contributed by atoms with E-state index in [-0.39, 0.29) is 30.6 Å². The fraction of sp³-hybridized carbons (Fsp3) is 0.525. The number of carbonyl (C=O) groups excluding carboxylic acids is 4. The van der Waals surface area contributed by atoms with Crippen molar-refractivity contribution in [3.05, 3.63) is 111 Å². The predicted octanol–water partition coefficient (Wildman–Crippen LogP) is 7.79. The Hall–Kier alpha value is -6.27. The average molecular weight is 1230 g/mol. The number of ether oxygens (including phenoxy) is 5. The van der Waals surface area contributed by atoms with E-state index < -0.39 is 6.04 Å². The molecule has 22 heteroatoms. The third-order valence-electron chi connectivity index (χ3n) is 13.1. The summed E-state index contributed by atoms with van der Waals surface area (Å²) in [5, 5.41) is 19.0. The van der Waals surface area contributed by atoms with Crippen molar-refractivity contribution < 1.29 is 42.9 Å². The van der Waals surface area contributed by atoms with Gasteiger partial charge in [-0.2, -0.15) is 5.10 Å². The number of likely N-dealkylation sites (N-methyl/N-ethyl adjacent to an activating group) is 1. The minimum atomic E-state index is -0.785. The van der Waals surface area contributed by atoms with Crippen LogP contribution in [0.3, 0.4) is 0 Å². The van der Waals surface area contributed by atoms with Gasteiger partial charge in [-0.3, -0.25) is 24.2 Å². The maximum absolute atomic E-state index is 13.3. The number of primary amides is 1. The molecule has 456 valence electrons. The van der Waals surface area contributed by atoms with Gasteiger partial charge in [-0.25, -0.2) is 4.98 Å². The summed E-state index contributed by atoms with van der Waals surface area (Å²) in [5.74, 6) is 7.87. The highest BCUT2D eigenvalue weighted by atomic mass is 79.9. The zero-order chi connectivity index (χ0) is 59.7. The zero-order valence-electron chi connectivity index (χ0n) is 49.1. The Labute approximate surface area is 504 Å². The Morgan fingerprint density at radius 1 is 0.867 bits per heavy atom. The number of nitrogens with one attached hydrogen (secondary N) is 4. The number of hydrogen-bond acceptors (Lipinski definition) is 17. The average Bonchev–Trinajstić information content (AvgIpc) is 4.17. The van der Waals surface area contributed by atoms with Gasteiger partial charge in [0, 0.05) is 73.9 Å². The number of aliphatic imine (C=N–C) groups is 1. The molecule has 83 heavy (non-hydrogen) atoms. The van der Waals surface area contributed by atoms with E-state index in [0.29, 0.717) is 90.9 Å². The molecule has 4 aromatic rings. The number of carbonyl (C=O) groups is 4. The predicted molar refractivity (Wildman–Crippen MR) is 335 cm³/mol. The molecule has 2 fully saturated rings. The number of anilines is 2. The highest BCUT2D eigenvalue weighted by molar-refractivity contribution is 9.10. The summed E-state index contributed by atoms with van der Waals surface area (Å²) in [6.45, 7) is 16.2. The first-order valence-corrected chi connectivity index (χ1v) is 30.6. The van der Waals surface area contributed by atoms with Crippen molar-refractivity contribution in [3.8, 4) is 11.5 Å². The van der Waals surface area contributed by atoms with Gasteiger partial charge in [-0.1, -0.05) is 85.5 Å². The normalized spacial score (nSPS) is 13.8. The van der Waals surface area contributed by atoms with Crippen LogP contribution in [-0.4, -0.2) is 163 Å². The Kier molecular flexibility index (Phi) is 35.5. The SMILES string of the molecule is CC/C=C(\CC)CNC(=O)C(NC(=O)CCc1ccc(OCCCCN(C)CCOCCOCC/C(C=NCCOCCOc2ccc(Nc3nc(CC(=O)N4CCNCC4)cs3)cc2)=N/N)cc1)c1ccc(Br)cc1.CC1CC1.NC=O. The summed E-state index contributed by atoms with van der Waals surface area (Å²) in [4.78, 5) is 60.6. The Morgan fingerprint density at radius 3 is 2.18 bits per heavy atom. The number of nitrogens with two attached hydrogens (primary N) is 2. The maximum Gasteiger partial charge on any atom is 0.247 e. The Bertz CT molecular complexity index is 2530. The summed E-state index contributed by atoms with van der Waals surface area (Å²) in [6, 6.07) is 22.1. The number of benzene rings is 3. The lowest BCUT2D eigenvalue weighted by Crippen LogP contribution is -2.46. The summed E-state index contributed by atoms with van der Waals surface area (Å²) in [5.41, 5.74) is 9.37. The van der Waals surface area contributed by atoms with Crippen molar-refractivity contribution in [3.63, 3.8) is 0 Å². The standard InChI is InChI=1S/C56H79BrN10O8S.C4H8.CH3NO/c1-4-8-43(5-2)40-61-55(70)54(45-12-14-46(57)15-13-45)64-52(68)22-11-44-9-18-50(19-10-44)74-31-7-6-27-66(3)30-34-73-36-35-71-32-23-48(65-58)41-60-26-33-72-37-38-75-51-20-16-47(17-21-51)62-56-63-49(42-76-56)39-53(69)67-28-24-59-25-29-67;1-4-2-3-4;2-1-3/h8-10,12-21,41-42,54,59H,4-7,11,22-40,58H2,1-3H3,(H,61,70)(H,62,63)(H,64,68);4H,2-3H2,1H3;1H,(H2,2,3)/b43-8+,60-41?,65-48-;;. The van der Waals surface area contributed by atoms with E-state index in [4.69, 9.17) is 34.3 Å². The van der Waals surface area contributed by atoms with Gasteiger partial charge in [-0.15, -0.1) is 11.3 Å². The zero-order valence-corrected chi connectivity index (χ0v) is 51.5. The fourth-order valence-electron chi connectivity index (χ4n) is 7.96. The first kappa shape index (κ1) is 69.2. The van der Waals surface area contributed by atoms with Crippen LogP contribution in [-0.2, 0) is 46.2 Å². The molecule has 0 radical (unpaired) electrons. The minimum absolute atomic E-state index is 0.113. The lowest BCUT2D eigenvalue weighted by Gasteiger charge is -2.27. The molecule has 1 aliphatic carbocycles. The largest absolute Gasteiger partial charge is 0.494 e. The maximum atomic E-state index is 13.3. The van der Waals surface area contributed by atoms with Crippen LogP contribution in [0.25, 0.3) is 0 Å². The molecule has 2 aliphatic rings. The van der Waals surface area contributed by atoms with Gasteiger partial charge in [0.25, 0.3) is 0 Å². The van der Waals surface area contributed by atoms with Gasteiger partial charge in [0.2, 0.25) is 24.1 Å². The van der Waals surface area contributed by atoms with E-state index >= 15 is 0 Å². The monoisotopic (exact) mass is 1230 g/mol. The first-order chi connectivity index (χ1) is 40.4. The molecule has 2 heterocycles. The molecule has 4 amide bonds.